The van der Waals surface area contributed by atoms with E-state index < -0.39 is 0 Å². The minimum atomic E-state index is 0.310. The molecule has 2 rings (SSSR count). The lowest BCUT2D eigenvalue weighted by atomic mass is 9.95. The molecule has 0 aliphatic carbocycles. The molecule has 4 heteroatoms. The Kier molecular flexibility index (Phi) is 5.87. The van der Waals surface area contributed by atoms with Crippen LogP contribution in [0.1, 0.15) is 29.7 Å². The van der Waals surface area contributed by atoms with Gasteiger partial charge in [-0.25, -0.2) is 0 Å². The van der Waals surface area contributed by atoms with Gasteiger partial charge in [-0.15, -0.1) is 11.3 Å². The molecule has 0 spiro atoms. The van der Waals surface area contributed by atoms with Gasteiger partial charge in [0, 0.05) is 30.1 Å². The normalized spacial score (nSPS) is 20.0. The fraction of sp³-hybridized carbons (Fsp3) is 0.600. The second-order valence-corrected chi connectivity index (χ2v) is 6.02. The molecule has 1 aliphatic heterocycles. The average Bonchev–Trinajstić information content (AvgIpc) is 2.84. The van der Waals surface area contributed by atoms with Crippen LogP contribution in [0.4, 0.5) is 0 Å². The molecule has 0 saturated carbocycles. The third-order valence-electron chi connectivity index (χ3n) is 3.58. The zero-order chi connectivity index (χ0) is 13.5. The minimum absolute atomic E-state index is 0.310. The van der Waals surface area contributed by atoms with E-state index in [9.17, 15) is 0 Å². The molecule has 1 saturated heterocycles. The van der Waals surface area contributed by atoms with Crippen molar-refractivity contribution in [1.82, 2.24) is 4.90 Å². The van der Waals surface area contributed by atoms with Crippen molar-refractivity contribution in [2.75, 3.05) is 26.2 Å². The Morgan fingerprint density at radius 2 is 2.42 bits per heavy atom. The van der Waals surface area contributed by atoms with Gasteiger partial charge in [-0.05, 0) is 43.2 Å². The van der Waals surface area contributed by atoms with Crippen molar-refractivity contribution in [3.8, 4) is 11.8 Å². The van der Waals surface area contributed by atoms with Crippen LogP contribution in [0.15, 0.2) is 11.4 Å². The molecule has 0 bridgehead atoms. The zero-order valence-electron chi connectivity index (χ0n) is 11.3. The quantitative estimate of drug-likeness (QED) is 0.824. The third-order valence-corrected chi connectivity index (χ3v) is 4.48. The molecule has 0 amide bonds. The molecule has 3 N–H and O–H groups in total. The smallest absolute Gasteiger partial charge is 0.0555 e. The summed E-state index contributed by atoms with van der Waals surface area (Å²) in [7, 11) is 0. The molecule has 1 unspecified atom stereocenters. The topological polar surface area (TPSA) is 49.5 Å². The summed E-state index contributed by atoms with van der Waals surface area (Å²) in [5.74, 6) is 6.73. The number of hydrogen-bond donors (Lipinski definition) is 2. The molecule has 3 nitrogen and oxygen atoms in total. The van der Waals surface area contributed by atoms with Crippen LogP contribution in [0.3, 0.4) is 0 Å². The molecule has 1 aromatic heterocycles. The Balaban J connectivity index is 1.95. The fourth-order valence-electron chi connectivity index (χ4n) is 2.64. The summed E-state index contributed by atoms with van der Waals surface area (Å²) in [5.41, 5.74) is 6.55. The molecule has 1 aliphatic rings. The highest BCUT2D eigenvalue weighted by Crippen LogP contribution is 2.24. The Morgan fingerprint density at radius 1 is 1.53 bits per heavy atom. The number of rotatable bonds is 4. The fourth-order valence-corrected chi connectivity index (χ4v) is 3.51. The van der Waals surface area contributed by atoms with Crippen LogP contribution in [-0.2, 0) is 6.54 Å². The van der Waals surface area contributed by atoms with E-state index in [-0.39, 0.29) is 0 Å². The number of nitrogens with zero attached hydrogens (tertiary/aromatic N) is 1. The van der Waals surface area contributed by atoms with Crippen LogP contribution in [0.25, 0.3) is 0 Å². The molecule has 0 aromatic carbocycles. The predicted octanol–water partition coefficient (Wildman–Crippen LogP) is 1.65. The second-order valence-electron chi connectivity index (χ2n) is 5.02. The number of thiophene rings is 1. The highest BCUT2D eigenvalue weighted by atomic mass is 32.1. The highest BCUT2D eigenvalue weighted by molar-refractivity contribution is 7.10. The van der Waals surface area contributed by atoms with E-state index in [2.05, 4.69) is 28.2 Å². The molecule has 1 aromatic rings. The lowest BCUT2D eigenvalue weighted by molar-refractivity contribution is 0.143. The van der Waals surface area contributed by atoms with E-state index in [1.54, 1.807) is 11.3 Å². The Morgan fingerprint density at radius 3 is 3.21 bits per heavy atom. The van der Waals surface area contributed by atoms with E-state index >= 15 is 0 Å². The van der Waals surface area contributed by atoms with Crippen LogP contribution in [-0.4, -0.2) is 36.2 Å². The monoisotopic (exact) mass is 278 g/mol. The highest BCUT2D eigenvalue weighted by Gasteiger charge is 2.20. The van der Waals surface area contributed by atoms with Crippen molar-refractivity contribution in [3.63, 3.8) is 0 Å². The van der Waals surface area contributed by atoms with Gasteiger partial charge in [0.25, 0.3) is 0 Å². The van der Waals surface area contributed by atoms with Crippen LogP contribution in [0.2, 0.25) is 0 Å². The van der Waals surface area contributed by atoms with Gasteiger partial charge >= 0.3 is 0 Å². The van der Waals surface area contributed by atoms with Crippen molar-refractivity contribution in [3.05, 3.63) is 21.9 Å². The Bertz CT molecular complexity index is 444. The van der Waals surface area contributed by atoms with Crippen LogP contribution in [0, 0.1) is 17.8 Å². The van der Waals surface area contributed by atoms with Gasteiger partial charge in [-0.3, -0.25) is 4.90 Å². The van der Waals surface area contributed by atoms with Gasteiger partial charge in [-0.1, -0.05) is 11.8 Å². The number of likely N-dealkylation sites (tertiary alicyclic amines) is 1. The van der Waals surface area contributed by atoms with Gasteiger partial charge < -0.3 is 10.8 Å². The van der Waals surface area contributed by atoms with Crippen LogP contribution in [0.5, 0.6) is 0 Å². The van der Waals surface area contributed by atoms with E-state index in [0.29, 0.717) is 19.1 Å². The first-order valence-corrected chi connectivity index (χ1v) is 7.80. The minimum Gasteiger partial charge on any atom is -0.396 e. The van der Waals surface area contributed by atoms with Gasteiger partial charge in [-0.2, -0.15) is 0 Å². The van der Waals surface area contributed by atoms with E-state index in [0.717, 1.165) is 31.6 Å². The third kappa shape index (κ3) is 4.32. The number of nitrogens with two attached hydrogens (primary N) is 1. The molecular formula is C15H22N2OS. The summed E-state index contributed by atoms with van der Waals surface area (Å²) in [6, 6.07) is 2.08. The summed E-state index contributed by atoms with van der Waals surface area (Å²) >= 11 is 1.77. The maximum absolute atomic E-state index is 9.06. The number of piperidine rings is 1. The first-order valence-electron chi connectivity index (χ1n) is 6.92. The first-order chi connectivity index (χ1) is 9.33. The van der Waals surface area contributed by atoms with Crippen LogP contribution < -0.4 is 5.73 Å². The molecule has 1 fully saturated rings. The summed E-state index contributed by atoms with van der Waals surface area (Å²) in [6.07, 6.45) is 3.42. The standard InChI is InChI=1S/C15H22N2OS/c16-7-1-4-14-6-10-19-15(14)12-17-8-2-3-13(11-17)5-9-18/h6,10,13,18H,2-3,5,7-9,11-12,16H2. The average molecular weight is 278 g/mol. The van der Waals surface area contributed by atoms with Crippen molar-refractivity contribution >= 4 is 11.3 Å². The second kappa shape index (κ2) is 7.66. The largest absolute Gasteiger partial charge is 0.396 e. The van der Waals surface area contributed by atoms with Gasteiger partial charge in [0.2, 0.25) is 0 Å². The molecule has 0 radical (unpaired) electrons. The maximum atomic E-state index is 9.06. The van der Waals surface area contributed by atoms with Crippen molar-refractivity contribution < 1.29 is 5.11 Å². The van der Waals surface area contributed by atoms with Crippen LogP contribution >= 0.6 is 11.3 Å². The summed E-state index contributed by atoms with van der Waals surface area (Å²) in [5, 5.41) is 11.2. The van der Waals surface area contributed by atoms with Crippen molar-refractivity contribution in [1.29, 1.82) is 0 Å². The Labute approximate surface area is 119 Å². The van der Waals surface area contributed by atoms with E-state index in [1.807, 2.05) is 0 Å². The summed E-state index contributed by atoms with van der Waals surface area (Å²) in [6.45, 7) is 3.96. The molecule has 1 atom stereocenters. The van der Waals surface area contributed by atoms with E-state index in [4.69, 9.17) is 10.8 Å². The summed E-state index contributed by atoms with van der Waals surface area (Å²) < 4.78 is 0. The molecular weight excluding hydrogens is 256 g/mol. The SMILES string of the molecule is NCC#Cc1ccsc1CN1CCCC(CCO)C1. The van der Waals surface area contributed by atoms with Gasteiger partial charge in [0.05, 0.1) is 6.54 Å². The summed E-state index contributed by atoms with van der Waals surface area (Å²) in [4.78, 5) is 3.83. The van der Waals surface area contributed by atoms with Crippen molar-refractivity contribution in [2.45, 2.75) is 25.8 Å². The molecule has 104 valence electrons. The first kappa shape index (κ1) is 14.5. The Hall–Kier alpha value is -0.860. The lowest BCUT2D eigenvalue weighted by Gasteiger charge is -2.32. The number of aliphatic hydroxyl groups is 1. The zero-order valence-corrected chi connectivity index (χ0v) is 12.1. The molecule has 19 heavy (non-hydrogen) atoms. The predicted molar refractivity (Wildman–Crippen MR) is 80.0 cm³/mol. The van der Waals surface area contributed by atoms with E-state index in [1.165, 1.54) is 17.7 Å². The van der Waals surface area contributed by atoms with Gasteiger partial charge in [0.15, 0.2) is 0 Å². The molecule has 2 heterocycles. The van der Waals surface area contributed by atoms with Gasteiger partial charge in [0.1, 0.15) is 0 Å². The number of hydrogen-bond acceptors (Lipinski definition) is 4. The lowest BCUT2D eigenvalue weighted by Crippen LogP contribution is -2.35. The van der Waals surface area contributed by atoms with Crippen molar-refractivity contribution in [2.24, 2.45) is 11.7 Å². The number of aliphatic hydroxyl groups excluding tert-OH is 1. The maximum Gasteiger partial charge on any atom is 0.0555 e.